The summed E-state index contributed by atoms with van der Waals surface area (Å²) >= 11 is 0. The molecule has 138 valence electrons. The summed E-state index contributed by atoms with van der Waals surface area (Å²) in [5.41, 5.74) is 0.998. The van der Waals surface area contributed by atoms with Crippen LogP contribution in [0.5, 0.6) is 17.2 Å². The molecule has 0 aromatic heterocycles. The van der Waals surface area contributed by atoms with Crippen LogP contribution in [0, 0.1) is 5.82 Å². The maximum Gasteiger partial charge on any atom is 0.246 e. The summed E-state index contributed by atoms with van der Waals surface area (Å²) in [5.74, 6) is 0.934. The van der Waals surface area contributed by atoms with E-state index in [-0.39, 0.29) is 23.4 Å². The second-order valence-electron chi connectivity index (χ2n) is 6.26. The second kappa shape index (κ2) is 6.44. The number of sulfonamides is 1. The highest BCUT2D eigenvalue weighted by molar-refractivity contribution is 7.89. The summed E-state index contributed by atoms with van der Waals surface area (Å²) in [7, 11) is -2.48. The van der Waals surface area contributed by atoms with Crippen LogP contribution in [0.25, 0.3) is 0 Å². The molecule has 2 aliphatic rings. The van der Waals surface area contributed by atoms with Crippen LogP contribution < -0.4 is 14.2 Å². The van der Waals surface area contributed by atoms with Gasteiger partial charge < -0.3 is 14.2 Å². The lowest BCUT2D eigenvalue weighted by molar-refractivity contribution is 0.174. The van der Waals surface area contributed by atoms with Gasteiger partial charge in [-0.25, -0.2) is 12.8 Å². The van der Waals surface area contributed by atoms with Crippen LogP contribution in [0.15, 0.2) is 41.3 Å². The fourth-order valence-electron chi connectivity index (χ4n) is 3.38. The Morgan fingerprint density at radius 3 is 2.77 bits per heavy atom. The van der Waals surface area contributed by atoms with E-state index in [1.807, 2.05) is 18.2 Å². The van der Waals surface area contributed by atoms with Gasteiger partial charge in [0.15, 0.2) is 11.5 Å². The minimum atomic E-state index is -3.84. The Labute approximate surface area is 151 Å². The van der Waals surface area contributed by atoms with E-state index in [2.05, 4.69) is 0 Å². The minimum Gasteiger partial charge on any atom is -0.495 e. The topological polar surface area (TPSA) is 65.1 Å². The van der Waals surface area contributed by atoms with Crippen molar-refractivity contribution in [1.82, 2.24) is 4.31 Å². The normalized spacial score (nSPS) is 19.7. The van der Waals surface area contributed by atoms with Crippen LogP contribution in [0.1, 0.15) is 17.9 Å². The molecule has 2 aromatic rings. The molecule has 0 saturated carbocycles. The SMILES string of the molecule is COc1ccc(F)cc1S(=O)(=O)N1CC[C@H](c2ccc3c(c2)OCO3)C1. The van der Waals surface area contributed by atoms with Crippen molar-refractivity contribution < 1.29 is 27.0 Å². The smallest absolute Gasteiger partial charge is 0.246 e. The summed E-state index contributed by atoms with van der Waals surface area (Å²) < 4.78 is 56.7. The predicted molar refractivity (Wildman–Crippen MR) is 91.6 cm³/mol. The first-order chi connectivity index (χ1) is 12.5. The number of benzene rings is 2. The van der Waals surface area contributed by atoms with Gasteiger partial charge in [0.25, 0.3) is 0 Å². The van der Waals surface area contributed by atoms with Gasteiger partial charge in [-0.05, 0) is 48.2 Å². The number of hydrogen-bond acceptors (Lipinski definition) is 5. The molecule has 6 nitrogen and oxygen atoms in total. The van der Waals surface area contributed by atoms with Crippen LogP contribution in [0.2, 0.25) is 0 Å². The van der Waals surface area contributed by atoms with E-state index < -0.39 is 15.8 Å². The van der Waals surface area contributed by atoms with E-state index in [1.165, 1.54) is 23.5 Å². The van der Waals surface area contributed by atoms with E-state index in [1.54, 1.807) is 0 Å². The standard InChI is InChI=1S/C18H18FNO5S/c1-23-16-5-3-14(19)9-18(16)26(21,22)20-7-6-13(10-20)12-2-4-15-17(8-12)25-11-24-15/h2-5,8-9,13H,6-7,10-11H2,1H3/t13-/m0/s1. The zero-order valence-corrected chi connectivity index (χ0v) is 15.0. The van der Waals surface area contributed by atoms with Crippen molar-refractivity contribution >= 4 is 10.0 Å². The molecule has 0 aliphatic carbocycles. The van der Waals surface area contributed by atoms with Gasteiger partial charge in [0.1, 0.15) is 16.5 Å². The van der Waals surface area contributed by atoms with Gasteiger partial charge in [-0.2, -0.15) is 4.31 Å². The molecule has 1 saturated heterocycles. The molecule has 8 heteroatoms. The summed E-state index contributed by atoms with van der Waals surface area (Å²) in [6.07, 6.45) is 0.677. The van der Waals surface area contributed by atoms with E-state index in [0.717, 1.165) is 11.6 Å². The molecule has 26 heavy (non-hydrogen) atoms. The molecule has 1 atom stereocenters. The fraction of sp³-hybridized carbons (Fsp3) is 0.333. The average molecular weight is 379 g/mol. The second-order valence-corrected chi connectivity index (χ2v) is 8.16. The van der Waals surface area contributed by atoms with Crippen molar-refractivity contribution in [2.24, 2.45) is 0 Å². The maximum atomic E-state index is 13.6. The molecular weight excluding hydrogens is 361 g/mol. The molecule has 0 radical (unpaired) electrons. The Kier molecular flexibility index (Phi) is 4.24. The Hall–Kier alpha value is -2.32. The first kappa shape index (κ1) is 17.1. The van der Waals surface area contributed by atoms with Crippen LogP contribution in [0.4, 0.5) is 4.39 Å². The van der Waals surface area contributed by atoms with Crippen molar-refractivity contribution in [1.29, 1.82) is 0 Å². The minimum absolute atomic E-state index is 0.0406. The van der Waals surface area contributed by atoms with Crippen molar-refractivity contribution in [2.45, 2.75) is 17.2 Å². The molecule has 0 bridgehead atoms. The summed E-state index contributed by atoms with van der Waals surface area (Å²) in [6.45, 7) is 0.881. The molecule has 0 amide bonds. The van der Waals surface area contributed by atoms with E-state index in [0.29, 0.717) is 31.0 Å². The lowest BCUT2D eigenvalue weighted by Crippen LogP contribution is -2.29. The first-order valence-electron chi connectivity index (χ1n) is 8.22. The molecule has 0 unspecified atom stereocenters. The van der Waals surface area contributed by atoms with E-state index in [9.17, 15) is 12.8 Å². The predicted octanol–water partition coefficient (Wildman–Crippen LogP) is 2.74. The van der Waals surface area contributed by atoms with Gasteiger partial charge in [0.2, 0.25) is 16.8 Å². The third kappa shape index (κ3) is 2.89. The van der Waals surface area contributed by atoms with Crippen molar-refractivity contribution in [3.63, 3.8) is 0 Å². The zero-order chi connectivity index (χ0) is 18.3. The van der Waals surface area contributed by atoms with Crippen molar-refractivity contribution in [3.05, 3.63) is 47.8 Å². The monoisotopic (exact) mass is 379 g/mol. The number of ether oxygens (including phenoxy) is 3. The molecule has 0 spiro atoms. The van der Waals surface area contributed by atoms with Crippen molar-refractivity contribution in [2.75, 3.05) is 27.0 Å². The number of halogens is 1. The first-order valence-corrected chi connectivity index (χ1v) is 9.66. The molecule has 2 aliphatic heterocycles. The van der Waals surface area contributed by atoms with Gasteiger partial charge in [0, 0.05) is 13.1 Å². The number of rotatable bonds is 4. The van der Waals surface area contributed by atoms with Crippen LogP contribution in [-0.4, -0.2) is 39.7 Å². The summed E-state index contributed by atoms with van der Waals surface area (Å²) in [4.78, 5) is -0.147. The lowest BCUT2D eigenvalue weighted by Gasteiger charge is -2.18. The summed E-state index contributed by atoms with van der Waals surface area (Å²) in [6, 6.07) is 9.17. The highest BCUT2D eigenvalue weighted by Gasteiger charge is 2.35. The molecule has 2 heterocycles. The molecular formula is C18H18FNO5S. The fourth-order valence-corrected chi connectivity index (χ4v) is 5.04. The number of nitrogens with zero attached hydrogens (tertiary/aromatic N) is 1. The maximum absolute atomic E-state index is 13.6. The third-order valence-electron chi connectivity index (χ3n) is 4.76. The Balaban J connectivity index is 1.59. The molecule has 2 aromatic carbocycles. The molecule has 1 fully saturated rings. The highest BCUT2D eigenvalue weighted by atomic mass is 32.2. The molecule has 0 N–H and O–H groups in total. The van der Waals surface area contributed by atoms with Crippen LogP contribution in [-0.2, 0) is 10.0 Å². The Morgan fingerprint density at radius 2 is 1.96 bits per heavy atom. The number of methoxy groups -OCH3 is 1. The van der Waals surface area contributed by atoms with E-state index in [4.69, 9.17) is 14.2 Å². The summed E-state index contributed by atoms with van der Waals surface area (Å²) in [5, 5.41) is 0. The van der Waals surface area contributed by atoms with Crippen LogP contribution >= 0.6 is 0 Å². The Bertz CT molecular complexity index is 947. The number of hydrogen-bond donors (Lipinski definition) is 0. The zero-order valence-electron chi connectivity index (χ0n) is 14.1. The van der Waals surface area contributed by atoms with Crippen molar-refractivity contribution in [3.8, 4) is 17.2 Å². The van der Waals surface area contributed by atoms with Crippen LogP contribution in [0.3, 0.4) is 0 Å². The van der Waals surface area contributed by atoms with Gasteiger partial charge >= 0.3 is 0 Å². The quantitative estimate of drug-likeness (QED) is 0.817. The average Bonchev–Trinajstić information content (AvgIpc) is 3.30. The third-order valence-corrected chi connectivity index (χ3v) is 6.65. The van der Waals surface area contributed by atoms with Gasteiger partial charge in [-0.15, -0.1) is 0 Å². The lowest BCUT2D eigenvalue weighted by atomic mass is 9.98. The molecule has 4 rings (SSSR count). The number of fused-ring (bicyclic) bond motifs is 1. The van der Waals surface area contributed by atoms with E-state index >= 15 is 0 Å². The Morgan fingerprint density at radius 1 is 1.15 bits per heavy atom. The van der Waals surface area contributed by atoms with Gasteiger partial charge in [0.05, 0.1) is 7.11 Å². The van der Waals surface area contributed by atoms with Gasteiger partial charge in [-0.1, -0.05) is 6.07 Å². The largest absolute Gasteiger partial charge is 0.495 e. The highest BCUT2D eigenvalue weighted by Crippen LogP contribution is 2.39. The van der Waals surface area contributed by atoms with Gasteiger partial charge in [-0.3, -0.25) is 0 Å².